The van der Waals surface area contributed by atoms with Gasteiger partial charge >= 0.3 is 0 Å². The first kappa shape index (κ1) is 28.9. The third-order valence-electron chi connectivity index (χ3n) is 7.20. The molecule has 6 nitrogen and oxygen atoms in total. The first-order chi connectivity index (χ1) is 18.8. The molecule has 0 aromatic heterocycles. The molecule has 1 atom stereocenters. The van der Waals surface area contributed by atoms with Gasteiger partial charge in [-0.3, -0.25) is 14.5 Å². The summed E-state index contributed by atoms with van der Waals surface area (Å²) in [5.41, 5.74) is 4.76. The lowest BCUT2D eigenvalue weighted by molar-refractivity contribution is -0.132. The number of hydrogen-bond acceptors (Lipinski definition) is 5. The number of anilines is 2. The molecule has 1 saturated heterocycles. The number of aliphatic hydroxyl groups is 1. The average molecular weight is 541 g/mol. The largest absolute Gasteiger partial charge is 0.507 e. The van der Waals surface area contributed by atoms with Crippen LogP contribution in [0.3, 0.4) is 0 Å². The number of ketones is 1. The van der Waals surface area contributed by atoms with E-state index >= 15 is 0 Å². The summed E-state index contributed by atoms with van der Waals surface area (Å²) in [6, 6.07) is 20.0. The molecule has 0 radical (unpaired) electrons. The lowest BCUT2D eigenvalue weighted by atomic mass is 9.87. The van der Waals surface area contributed by atoms with E-state index in [9.17, 15) is 14.7 Å². The van der Waals surface area contributed by atoms with Crippen molar-refractivity contribution in [1.29, 1.82) is 0 Å². The van der Waals surface area contributed by atoms with E-state index in [0.717, 1.165) is 28.1 Å². The number of nitrogens with zero attached hydrogens (tertiary/aromatic N) is 2. The van der Waals surface area contributed by atoms with Crippen molar-refractivity contribution < 1.29 is 19.4 Å². The number of aryl methyl sites for hydroxylation is 1. The van der Waals surface area contributed by atoms with Crippen LogP contribution in [0.2, 0.25) is 0 Å². The summed E-state index contributed by atoms with van der Waals surface area (Å²) in [6.07, 6.45) is 0. The fraction of sp³-hybridized carbons (Fsp3) is 0.353. The first-order valence-electron chi connectivity index (χ1n) is 13.7. The zero-order valence-corrected chi connectivity index (χ0v) is 24.8. The maximum atomic E-state index is 13.6. The molecule has 210 valence electrons. The van der Waals surface area contributed by atoms with Crippen molar-refractivity contribution in [3.05, 3.63) is 94.6 Å². The van der Waals surface area contributed by atoms with Crippen LogP contribution in [0, 0.1) is 12.8 Å². The molecule has 1 aliphatic rings. The number of aliphatic hydroxyl groups excluding tert-OH is 1. The number of rotatable bonds is 7. The molecule has 1 N–H and O–H groups in total. The van der Waals surface area contributed by atoms with Crippen LogP contribution in [0.15, 0.2) is 72.3 Å². The van der Waals surface area contributed by atoms with Crippen LogP contribution < -0.4 is 14.5 Å². The van der Waals surface area contributed by atoms with E-state index in [1.807, 2.05) is 74.4 Å². The fourth-order valence-corrected chi connectivity index (χ4v) is 4.86. The van der Waals surface area contributed by atoms with Gasteiger partial charge in [-0.1, -0.05) is 58.9 Å². The summed E-state index contributed by atoms with van der Waals surface area (Å²) in [5, 5.41) is 11.6. The third kappa shape index (κ3) is 5.76. The Bertz CT molecular complexity index is 1430. The Kier molecular flexibility index (Phi) is 8.10. The molecule has 0 spiro atoms. The number of carbonyl (C=O) groups excluding carboxylic acids is 2. The van der Waals surface area contributed by atoms with Gasteiger partial charge in [0.2, 0.25) is 0 Å². The Morgan fingerprint density at radius 1 is 0.975 bits per heavy atom. The summed E-state index contributed by atoms with van der Waals surface area (Å²) in [7, 11) is 3.91. The molecule has 3 aromatic carbocycles. The number of hydrogen-bond donors (Lipinski definition) is 1. The van der Waals surface area contributed by atoms with Crippen molar-refractivity contribution in [1.82, 2.24) is 0 Å². The number of benzene rings is 3. The highest BCUT2D eigenvalue weighted by molar-refractivity contribution is 6.51. The Morgan fingerprint density at radius 3 is 2.12 bits per heavy atom. The number of carbonyl (C=O) groups is 2. The normalized spacial score (nSPS) is 17.0. The molecular formula is C34H40N2O4. The molecule has 4 rings (SSSR count). The molecule has 0 aliphatic carbocycles. The maximum absolute atomic E-state index is 13.6. The highest BCUT2D eigenvalue weighted by Crippen LogP contribution is 2.43. The summed E-state index contributed by atoms with van der Waals surface area (Å²) < 4.78 is 5.89. The smallest absolute Gasteiger partial charge is 0.300 e. The molecule has 40 heavy (non-hydrogen) atoms. The zero-order valence-electron chi connectivity index (χ0n) is 24.8. The molecule has 0 bridgehead atoms. The fourth-order valence-electron chi connectivity index (χ4n) is 4.86. The highest BCUT2D eigenvalue weighted by Gasteiger charge is 2.47. The van der Waals surface area contributed by atoms with Crippen LogP contribution in [0.4, 0.5) is 11.4 Å². The minimum absolute atomic E-state index is 0.0585. The van der Waals surface area contributed by atoms with Crippen LogP contribution >= 0.6 is 0 Å². The van der Waals surface area contributed by atoms with E-state index in [2.05, 4.69) is 34.6 Å². The van der Waals surface area contributed by atoms with Crippen molar-refractivity contribution in [2.24, 2.45) is 5.92 Å². The predicted octanol–water partition coefficient (Wildman–Crippen LogP) is 7.02. The Hall–Kier alpha value is -4.06. The summed E-state index contributed by atoms with van der Waals surface area (Å²) >= 11 is 0. The quantitative estimate of drug-likeness (QED) is 0.198. The zero-order chi connectivity index (χ0) is 29.4. The topological polar surface area (TPSA) is 70.1 Å². The Labute approximate surface area is 237 Å². The van der Waals surface area contributed by atoms with Gasteiger partial charge in [-0.15, -0.1) is 0 Å². The molecule has 1 fully saturated rings. The summed E-state index contributed by atoms with van der Waals surface area (Å²) in [5.74, 6) is -0.482. The van der Waals surface area contributed by atoms with Gasteiger partial charge in [-0.2, -0.15) is 0 Å². The van der Waals surface area contributed by atoms with Gasteiger partial charge < -0.3 is 14.7 Å². The monoisotopic (exact) mass is 540 g/mol. The van der Waals surface area contributed by atoms with E-state index in [4.69, 9.17) is 4.74 Å². The molecule has 3 aromatic rings. The molecule has 0 saturated carbocycles. The lowest BCUT2D eigenvalue weighted by Crippen LogP contribution is -2.29. The van der Waals surface area contributed by atoms with E-state index in [-0.39, 0.29) is 16.7 Å². The van der Waals surface area contributed by atoms with Crippen molar-refractivity contribution in [3.8, 4) is 5.75 Å². The second-order valence-corrected chi connectivity index (χ2v) is 12.1. The van der Waals surface area contributed by atoms with E-state index in [1.54, 1.807) is 18.2 Å². The average Bonchev–Trinajstić information content (AvgIpc) is 3.17. The molecule has 1 aliphatic heterocycles. The minimum Gasteiger partial charge on any atom is -0.507 e. The molecule has 6 heteroatoms. The van der Waals surface area contributed by atoms with Crippen LogP contribution in [-0.2, 0) is 15.0 Å². The van der Waals surface area contributed by atoms with Crippen LogP contribution in [0.25, 0.3) is 5.76 Å². The minimum atomic E-state index is -0.783. The summed E-state index contributed by atoms with van der Waals surface area (Å²) in [6.45, 7) is 13.0. The van der Waals surface area contributed by atoms with Gasteiger partial charge in [-0.25, -0.2) is 0 Å². The van der Waals surface area contributed by atoms with Gasteiger partial charge in [0.15, 0.2) is 0 Å². The SMILES string of the molecule is Cc1cc(/C(O)=C2/C(=O)C(=O)N(c3ccc(C(C)(C)C)cc3)C2c2ccc(N(C)C)cc2)ccc1OCC(C)C. The van der Waals surface area contributed by atoms with E-state index < -0.39 is 17.7 Å². The molecular weight excluding hydrogens is 500 g/mol. The van der Waals surface area contributed by atoms with Crippen molar-refractivity contribution in [3.63, 3.8) is 0 Å². The number of amides is 1. The first-order valence-corrected chi connectivity index (χ1v) is 13.7. The van der Waals surface area contributed by atoms with Crippen molar-refractivity contribution in [2.45, 2.75) is 53.0 Å². The molecule has 1 unspecified atom stereocenters. The summed E-state index contributed by atoms with van der Waals surface area (Å²) in [4.78, 5) is 30.6. The van der Waals surface area contributed by atoms with Crippen LogP contribution in [-0.4, -0.2) is 37.5 Å². The van der Waals surface area contributed by atoms with Crippen LogP contribution in [0.5, 0.6) is 5.75 Å². The predicted molar refractivity (Wildman–Crippen MR) is 162 cm³/mol. The van der Waals surface area contributed by atoms with Gasteiger partial charge in [0, 0.05) is 31.0 Å². The molecule has 1 heterocycles. The molecule has 1 amide bonds. The van der Waals surface area contributed by atoms with Gasteiger partial charge in [0.25, 0.3) is 11.7 Å². The Morgan fingerprint density at radius 2 is 1.60 bits per heavy atom. The van der Waals surface area contributed by atoms with E-state index in [1.165, 1.54) is 4.90 Å². The standard InChI is InChI=1S/C34H40N2O4/c1-21(2)20-40-28-18-11-24(19-22(28)3)31(37)29-30(23-9-14-26(15-10-23)35(7)8)36(33(39)32(29)38)27-16-12-25(13-17-27)34(4,5)6/h9-19,21,30,37H,20H2,1-8H3/b31-29-. The van der Waals surface area contributed by atoms with Crippen LogP contribution in [0.1, 0.15) is 62.9 Å². The van der Waals surface area contributed by atoms with Gasteiger partial charge in [-0.05, 0) is 77.4 Å². The third-order valence-corrected chi connectivity index (χ3v) is 7.20. The second-order valence-electron chi connectivity index (χ2n) is 12.1. The number of Topliss-reactive ketones (excluding diaryl/α,β-unsaturated/α-hetero) is 1. The van der Waals surface area contributed by atoms with Gasteiger partial charge in [0.1, 0.15) is 11.5 Å². The number of ether oxygens (including phenoxy) is 1. The van der Waals surface area contributed by atoms with E-state index in [0.29, 0.717) is 23.8 Å². The van der Waals surface area contributed by atoms with Gasteiger partial charge in [0.05, 0.1) is 18.2 Å². The second kappa shape index (κ2) is 11.2. The van der Waals surface area contributed by atoms with Crippen molar-refractivity contribution >= 4 is 28.8 Å². The van der Waals surface area contributed by atoms with Crippen molar-refractivity contribution in [2.75, 3.05) is 30.5 Å². The highest BCUT2D eigenvalue weighted by atomic mass is 16.5. The lowest BCUT2D eigenvalue weighted by Gasteiger charge is -2.27. The Balaban J connectivity index is 1.85. The maximum Gasteiger partial charge on any atom is 0.300 e.